The van der Waals surface area contributed by atoms with Crippen molar-refractivity contribution in [3.63, 3.8) is 0 Å². The van der Waals surface area contributed by atoms with Gasteiger partial charge in [-0.2, -0.15) is 0 Å². The molecule has 8 heteroatoms. The highest BCUT2D eigenvalue weighted by atomic mass is 35.5. The first-order valence-corrected chi connectivity index (χ1v) is 9.76. The van der Waals surface area contributed by atoms with Crippen LogP contribution in [0.2, 0.25) is 5.02 Å². The summed E-state index contributed by atoms with van der Waals surface area (Å²) in [4.78, 5) is 17.4. The molecule has 142 valence electrons. The molecule has 1 heterocycles. The Morgan fingerprint density at radius 2 is 2.00 bits per heavy atom. The monoisotopic (exact) mass is 398 g/mol. The molecule has 2 aromatic rings. The number of carboxylic acids is 1. The molecule has 0 aliphatic rings. The summed E-state index contributed by atoms with van der Waals surface area (Å²) in [5, 5.41) is 11.5. The maximum atomic E-state index is 11.0. The van der Waals surface area contributed by atoms with Crippen molar-refractivity contribution in [2.75, 3.05) is 32.8 Å². The largest absolute Gasteiger partial charge is 0.490 e. The lowest BCUT2D eigenvalue weighted by Gasteiger charge is -2.19. The van der Waals surface area contributed by atoms with E-state index in [4.69, 9.17) is 26.2 Å². The molecular formula is C18H23ClN2O4S. The SMILES string of the molecule is CCOc1cc(-c2nc(C(=O)O)cs2)cc(Cl)c1OCCN(CC)CC. The predicted molar refractivity (Wildman–Crippen MR) is 104 cm³/mol. The predicted octanol–water partition coefficient (Wildman–Crippen LogP) is 4.28. The molecule has 0 bridgehead atoms. The average Bonchev–Trinajstić information content (AvgIpc) is 3.11. The number of rotatable bonds is 10. The number of carbonyl (C=O) groups is 1. The normalized spacial score (nSPS) is 11.0. The quantitative estimate of drug-likeness (QED) is 0.644. The summed E-state index contributed by atoms with van der Waals surface area (Å²) in [6.45, 7) is 9.77. The highest BCUT2D eigenvalue weighted by molar-refractivity contribution is 7.13. The molecule has 1 aromatic heterocycles. The molecule has 1 aromatic carbocycles. The maximum absolute atomic E-state index is 11.0. The van der Waals surface area contributed by atoms with Gasteiger partial charge >= 0.3 is 5.97 Å². The molecule has 0 radical (unpaired) electrons. The number of thiazole rings is 1. The van der Waals surface area contributed by atoms with E-state index in [2.05, 4.69) is 23.7 Å². The molecule has 26 heavy (non-hydrogen) atoms. The third-order valence-corrected chi connectivity index (χ3v) is 5.00. The first-order valence-electron chi connectivity index (χ1n) is 8.50. The van der Waals surface area contributed by atoms with E-state index in [1.807, 2.05) is 6.92 Å². The minimum atomic E-state index is -1.06. The Labute approximate surface area is 162 Å². The molecule has 0 unspecified atom stereocenters. The van der Waals surface area contributed by atoms with Crippen LogP contribution in [-0.2, 0) is 0 Å². The van der Waals surface area contributed by atoms with Gasteiger partial charge in [0.1, 0.15) is 11.6 Å². The number of benzene rings is 1. The summed E-state index contributed by atoms with van der Waals surface area (Å²) in [7, 11) is 0. The van der Waals surface area contributed by atoms with E-state index in [0.717, 1.165) is 19.6 Å². The third-order valence-electron chi connectivity index (χ3n) is 3.83. The van der Waals surface area contributed by atoms with Crippen molar-refractivity contribution >= 4 is 28.9 Å². The molecule has 0 aliphatic heterocycles. The number of likely N-dealkylation sites (N-methyl/N-ethyl adjacent to an activating group) is 1. The van der Waals surface area contributed by atoms with Crippen LogP contribution >= 0.6 is 22.9 Å². The summed E-state index contributed by atoms with van der Waals surface area (Å²) in [5.41, 5.74) is 0.714. The number of aromatic carboxylic acids is 1. The molecule has 0 amide bonds. The number of halogens is 1. The van der Waals surface area contributed by atoms with Crippen LogP contribution in [0.1, 0.15) is 31.3 Å². The Morgan fingerprint density at radius 3 is 2.58 bits per heavy atom. The van der Waals surface area contributed by atoms with Crippen molar-refractivity contribution in [3.8, 4) is 22.1 Å². The Balaban J connectivity index is 2.24. The van der Waals surface area contributed by atoms with Gasteiger partial charge in [0.25, 0.3) is 0 Å². The number of hydrogen-bond acceptors (Lipinski definition) is 6. The lowest BCUT2D eigenvalue weighted by Crippen LogP contribution is -2.28. The van der Waals surface area contributed by atoms with Gasteiger partial charge in [0.15, 0.2) is 17.2 Å². The van der Waals surface area contributed by atoms with Gasteiger partial charge in [-0.05, 0) is 32.1 Å². The van der Waals surface area contributed by atoms with E-state index in [1.165, 1.54) is 16.7 Å². The van der Waals surface area contributed by atoms with Gasteiger partial charge in [0, 0.05) is 17.5 Å². The zero-order chi connectivity index (χ0) is 19.1. The zero-order valence-corrected chi connectivity index (χ0v) is 16.7. The van der Waals surface area contributed by atoms with Crippen molar-refractivity contribution in [2.45, 2.75) is 20.8 Å². The number of aromatic nitrogens is 1. The lowest BCUT2D eigenvalue weighted by molar-refractivity contribution is 0.0691. The van der Waals surface area contributed by atoms with Crippen molar-refractivity contribution in [2.24, 2.45) is 0 Å². The number of carboxylic acid groups (broad SMARTS) is 1. The van der Waals surface area contributed by atoms with Crippen molar-refractivity contribution in [1.29, 1.82) is 0 Å². The fourth-order valence-corrected chi connectivity index (χ4v) is 3.46. The van der Waals surface area contributed by atoms with Crippen LogP contribution in [0.5, 0.6) is 11.5 Å². The van der Waals surface area contributed by atoms with Crippen LogP contribution in [0, 0.1) is 0 Å². The fraction of sp³-hybridized carbons (Fsp3) is 0.444. The zero-order valence-electron chi connectivity index (χ0n) is 15.1. The van der Waals surface area contributed by atoms with Crippen LogP contribution in [0.3, 0.4) is 0 Å². The van der Waals surface area contributed by atoms with E-state index in [1.54, 1.807) is 12.1 Å². The number of ether oxygens (including phenoxy) is 2. The molecule has 2 rings (SSSR count). The smallest absolute Gasteiger partial charge is 0.355 e. The van der Waals surface area contributed by atoms with Crippen molar-refractivity contribution < 1.29 is 19.4 Å². The summed E-state index contributed by atoms with van der Waals surface area (Å²) >= 11 is 7.66. The van der Waals surface area contributed by atoms with E-state index in [-0.39, 0.29) is 5.69 Å². The van der Waals surface area contributed by atoms with E-state index < -0.39 is 5.97 Å². The molecule has 0 spiro atoms. The van der Waals surface area contributed by atoms with Crippen molar-refractivity contribution in [1.82, 2.24) is 9.88 Å². The van der Waals surface area contributed by atoms with Gasteiger partial charge in [-0.15, -0.1) is 11.3 Å². The Bertz CT molecular complexity index is 747. The summed E-state index contributed by atoms with van der Waals surface area (Å²) < 4.78 is 11.6. The summed E-state index contributed by atoms with van der Waals surface area (Å²) in [6.07, 6.45) is 0. The van der Waals surface area contributed by atoms with E-state index in [9.17, 15) is 4.79 Å². The van der Waals surface area contributed by atoms with Crippen LogP contribution in [0.4, 0.5) is 0 Å². The standard InChI is InChI=1S/C18H23ClN2O4S/c1-4-21(5-2)7-8-25-16-13(19)9-12(10-15(16)24-6-3)17-20-14(11-26-17)18(22)23/h9-11H,4-8H2,1-3H3,(H,22,23). The van der Waals surface area contributed by atoms with Crippen LogP contribution in [-0.4, -0.2) is 53.8 Å². The first kappa shape index (κ1) is 20.5. The first-order chi connectivity index (χ1) is 12.5. The molecule has 0 fully saturated rings. The highest BCUT2D eigenvalue weighted by Gasteiger charge is 2.17. The average molecular weight is 399 g/mol. The second-order valence-electron chi connectivity index (χ2n) is 5.44. The van der Waals surface area contributed by atoms with Crippen molar-refractivity contribution in [3.05, 3.63) is 28.2 Å². The van der Waals surface area contributed by atoms with Crippen LogP contribution < -0.4 is 9.47 Å². The minimum absolute atomic E-state index is 0.0126. The Hall–Kier alpha value is -1.83. The maximum Gasteiger partial charge on any atom is 0.355 e. The third kappa shape index (κ3) is 5.09. The lowest BCUT2D eigenvalue weighted by atomic mass is 10.2. The molecule has 0 saturated carbocycles. The van der Waals surface area contributed by atoms with Gasteiger partial charge in [0.05, 0.1) is 11.6 Å². The number of nitrogens with zero attached hydrogens (tertiary/aromatic N) is 2. The molecule has 0 aliphatic carbocycles. The van der Waals surface area contributed by atoms with E-state index >= 15 is 0 Å². The van der Waals surface area contributed by atoms with Crippen LogP contribution in [0.15, 0.2) is 17.5 Å². The highest BCUT2D eigenvalue weighted by Crippen LogP contribution is 2.40. The summed E-state index contributed by atoms with van der Waals surface area (Å²) in [5.74, 6) is -0.0268. The topological polar surface area (TPSA) is 71.9 Å². The van der Waals surface area contributed by atoms with E-state index in [0.29, 0.717) is 40.3 Å². The molecule has 6 nitrogen and oxygen atoms in total. The van der Waals surface area contributed by atoms with Crippen LogP contribution in [0.25, 0.3) is 10.6 Å². The minimum Gasteiger partial charge on any atom is -0.490 e. The summed E-state index contributed by atoms with van der Waals surface area (Å²) in [6, 6.07) is 3.51. The molecule has 0 saturated heterocycles. The van der Waals surface area contributed by atoms with Gasteiger partial charge < -0.3 is 19.5 Å². The van der Waals surface area contributed by atoms with Gasteiger partial charge in [-0.1, -0.05) is 25.4 Å². The van der Waals surface area contributed by atoms with Gasteiger partial charge in [-0.25, -0.2) is 9.78 Å². The second kappa shape index (κ2) is 9.75. The molecule has 1 N–H and O–H groups in total. The second-order valence-corrected chi connectivity index (χ2v) is 6.70. The number of hydrogen-bond donors (Lipinski definition) is 1. The molecular weight excluding hydrogens is 376 g/mol. The van der Waals surface area contributed by atoms with Gasteiger partial charge in [0.2, 0.25) is 0 Å². The molecule has 0 atom stereocenters. The Kier molecular flexibility index (Phi) is 7.68. The fourth-order valence-electron chi connectivity index (χ4n) is 2.42. The van der Waals surface area contributed by atoms with Gasteiger partial charge in [-0.3, -0.25) is 0 Å². The Morgan fingerprint density at radius 1 is 1.27 bits per heavy atom.